The van der Waals surface area contributed by atoms with Crippen LogP contribution >= 0.6 is 23.4 Å². The highest BCUT2D eigenvalue weighted by atomic mass is 35.5. The lowest BCUT2D eigenvalue weighted by molar-refractivity contribution is -0.115. The second kappa shape index (κ2) is 6.03. The summed E-state index contributed by atoms with van der Waals surface area (Å²) in [5.74, 6) is 0.322. The lowest BCUT2D eigenvalue weighted by Gasteiger charge is -2.10. The third kappa shape index (κ3) is 3.68. The maximum absolute atomic E-state index is 12.0. The molecule has 0 aliphatic carbocycles. The summed E-state index contributed by atoms with van der Waals surface area (Å²) >= 11 is 7.06. The minimum absolute atomic E-state index is 0.150. The largest absolute Gasteiger partial charge is 0.312 e. The van der Waals surface area contributed by atoms with Gasteiger partial charge in [0.25, 0.3) is 0 Å². The Kier molecular flexibility index (Phi) is 4.39. The van der Waals surface area contributed by atoms with Gasteiger partial charge in [-0.15, -0.1) is 10.2 Å². The molecule has 1 amide bonds. The van der Waals surface area contributed by atoms with Crippen molar-refractivity contribution >= 4 is 35.1 Å². The zero-order chi connectivity index (χ0) is 13.8. The van der Waals surface area contributed by atoms with Crippen molar-refractivity contribution < 1.29 is 4.79 Å². The average molecular weight is 298 g/mol. The van der Waals surface area contributed by atoms with Crippen LogP contribution in [0.25, 0.3) is 0 Å². The predicted octanol–water partition coefficient (Wildman–Crippen LogP) is 1.98. The fourth-order valence-corrected chi connectivity index (χ4v) is 2.17. The minimum Gasteiger partial charge on any atom is -0.312 e. The highest BCUT2D eigenvalue weighted by Gasteiger charge is 2.17. The SMILES string of the molecule is C[C@@H](Sc1nncn1C)C(=O)Nc1ccc(Cl)cn1. The second-order valence-corrected chi connectivity index (χ2v) is 5.58. The van der Waals surface area contributed by atoms with Gasteiger partial charge in [0.15, 0.2) is 5.16 Å². The topological polar surface area (TPSA) is 72.7 Å². The van der Waals surface area contributed by atoms with Crippen molar-refractivity contribution in [3.8, 4) is 0 Å². The van der Waals surface area contributed by atoms with E-state index in [-0.39, 0.29) is 11.2 Å². The molecule has 8 heteroatoms. The zero-order valence-corrected chi connectivity index (χ0v) is 11.9. The molecule has 2 aromatic heterocycles. The molecular weight excluding hydrogens is 286 g/mol. The van der Waals surface area contributed by atoms with E-state index in [4.69, 9.17) is 11.6 Å². The molecule has 0 aromatic carbocycles. The number of anilines is 1. The van der Waals surface area contributed by atoms with Crippen molar-refractivity contribution in [2.45, 2.75) is 17.3 Å². The highest BCUT2D eigenvalue weighted by Crippen LogP contribution is 2.21. The van der Waals surface area contributed by atoms with Crippen LogP contribution in [0.2, 0.25) is 5.02 Å². The summed E-state index contributed by atoms with van der Waals surface area (Å²) in [4.78, 5) is 16.0. The van der Waals surface area contributed by atoms with Crippen LogP contribution in [0.15, 0.2) is 29.8 Å². The third-order valence-corrected chi connectivity index (χ3v) is 3.67. The maximum Gasteiger partial charge on any atom is 0.238 e. The summed E-state index contributed by atoms with van der Waals surface area (Å²) in [6.45, 7) is 1.80. The van der Waals surface area contributed by atoms with Crippen molar-refractivity contribution in [3.05, 3.63) is 29.7 Å². The fourth-order valence-electron chi connectivity index (χ4n) is 1.27. The molecule has 100 valence electrons. The van der Waals surface area contributed by atoms with Gasteiger partial charge in [0, 0.05) is 13.2 Å². The molecule has 0 spiro atoms. The molecule has 0 saturated carbocycles. The number of amides is 1. The van der Waals surface area contributed by atoms with Crippen LogP contribution in [0.3, 0.4) is 0 Å². The van der Waals surface area contributed by atoms with E-state index in [1.165, 1.54) is 18.0 Å². The van der Waals surface area contributed by atoms with Gasteiger partial charge in [0.2, 0.25) is 5.91 Å². The Balaban J connectivity index is 1.96. The third-order valence-electron chi connectivity index (χ3n) is 2.30. The van der Waals surface area contributed by atoms with Crippen LogP contribution < -0.4 is 5.32 Å². The first-order valence-electron chi connectivity index (χ1n) is 5.49. The van der Waals surface area contributed by atoms with Gasteiger partial charge in [0.05, 0.1) is 10.3 Å². The fraction of sp³-hybridized carbons (Fsp3) is 0.273. The molecule has 0 radical (unpaired) electrons. The van der Waals surface area contributed by atoms with Crippen LogP contribution in [-0.4, -0.2) is 30.9 Å². The van der Waals surface area contributed by atoms with Gasteiger partial charge in [-0.25, -0.2) is 4.98 Å². The van der Waals surface area contributed by atoms with E-state index in [0.717, 1.165) is 0 Å². The quantitative estimate of drug-likeness (QED) is 0.874. The molecule has 0 unspecified atom stereocenters. The Morgan fingerprint density at radius 3 is 2.89 bits per heavy atom. The normalized spacial score (nSPS) is 12.2. The first-order chi connectivity index (χ1) is 9.06. The van der Waals surface area contributed by atoms with Gasteiger partial charge in [-0.1, -0.05) is 23.4 Å². The number of aromatic nitrogens is 4. The Morgan fingerprint density at radius 1 is 1.53 bits per heavy atom. The smallest absolute Gasteiger partial charge is 0.238 e. The number of carbonyl (C=O) groups excluding carboxylic acids is 1. The predicted molar refractivity (Wildman–Crippen MR) is 74.2 cm³/mol. The van der Waals surface area contributed by atoms with E-state index in [9.17, 15) is 4.79 Å². The number of pyridine rings is 1. The number of hydrogen-bond donors (Lipinski definition) is 1. The van der Waals surface area contributed by atoms with Crippen LogP contribution in [-0.2, 0) is 11.8 Å². The van der Waals surface area contributed by atoms with Gasteiger partial charge in [-0.2, -0.15) is 0 Å². The van der Waals surface area contributed by atoms with E-state index in [1.54, 1.807) is 30.0 Å². The molecule has 2 rings (SSSR count). The lowest BCUT2D eigenvalue weighted by atomic mass is 10.4. The summed E-state index contributed by atoms with van der Waals surface area (Å²) < 4.78 is 1.76. The van der Waals surface area contributed by atoms with Gasteiger partial charge >= 0.3 is 0 Å². The first kappa shape index (κ1) is 13.8. The van der Waals surface area contributed by atoms with Crippen LogP contribution in [0.1, 0.15) is 6.92 Å². The molecule has 0 aliphatic rings. The average Bonchev–Trinajstić information content (AvgIpc) is 2.78. The summed E-state index contributed by atoms with van der Waals surface area (Å²) in [5, 5.41) is 11.3. The van der Waals surface area contributed by atoms with E-state index < -0.39 is 0 Å². The maximum atomic E-state index is 12.0. The summed E-state index contributed by atoms with van der Waals surface area (Å²) in [6, 6.07) is 3.32. The first-order valence-corrected chi connectivity index (χ1v) is 6.75. The van der Waals surface area contributed by atoms with Crippen molar-refractivity contribution in [2.75, 3.05) is 5.32 Å². The van der Waals surface area contributed by atoms with Crippen molar-refractivity contribution in [1.82, 2.24) is 19.7 Å². The molecule has 0 bridgehead atoms. The van der Waals surface area contributed by atoms with Crippen molar-refractivity contribution in [1.29, 1.82) is 0 Å². The number of nitrogens with one attached hydrogen (secondary N) is 1. The Morgan fingerprint density at radius 2 is 2.32 bits per heavy atom. The van der Waals surface area contributed by atoms with E-state index in [0.29, 0.717) is 16.0 Å². The number of carbonyl (C=O) groups is 1. The summed E-state index contributed by atoms with van der Waals surface area (Å²) in [7, 11) is 1.83. The Bertz CT molecular complexity index is 571. The number of rotatable bonds is 4. The molecule has 19 heavy (non-hydrogen) atoms. The highest BCUT2D eigenvalue weighted by molar-refractivity contribution is 8.00. The number of halogens is 1. The molecule has 6 nitrogen and oxygen atoms in total. The minimum atomic E-state index is -0.305. The molecule has 1 N–H and O–H groups in total. The van der Waals surface area contributed by atoms with E-state index >= 15 is 0 Å². The number of hydrogen-bond acceptors (Lipinski definition) is 5. The molecule has 1 atom stereocenters. The van der Waals surface area contributed by atoms with Gasteiger partial charge < -0.3 is 9.88 Å². The molecule has 0 fully saturated rings. The number of nitrogens with zero attached hydrogens (tertiary/aromatic N) is 4. The number of thioether (sulfide) groups is 1. The summed E-state index contributed by atoms with van der Waals surface area (Å²) in [6.07, 6.45) is 3.07. The van der Waals surface area contributed by atoms with Crippen LogP contribution in [0.4, 0.5) is 5.82 Å². The summed E-state index contributed by atoms with van der Waals surface area (Å²) in [5.41, 5.74) is 0. The molecular formula is C11H12ClN5OS. The molecule has 0 aliphatic heterocycles. The monoisotopic (exact) mass is 297 g/mol. The lowest BCUT2D eigenvalue weighted by Crippen LogP contribution is -2.23. The Hall–Kier alpha value is -1.60. The van der Waals surface area contributed by atoms with E-state index in [1.807, 2.05) is 7.05 Å². The van der Waals surface area contributed by atoms with Crippen LogP contribution in [0, 0.1) is 0 Å². The van der Waals surface area contributed by atoms with E-state index in [2.05, 4.69) is 20.5 Å². The molecule has 2 heterocycles. The van der Waals surface area contributed by atoms with Crippen molar-refractivity contribution in [3.63, 3.8) is 0 Å². The zero-order valence-electron chi connectivity index (χ0n) is 10.4. The standard InChI is InChI=1S/C11H12ClN5OS/c1-7(19-11-16-14-6-17(11)2)10(18)15-9-4-3-8(12)5-13-9/h3-7H,1-2H3,(H,13,15,18)/t7-/m1/s1. The van der Waals surface area contributed by atoms with Gasteiger partial charge in [-0.05, 0) is 19.1 Å². The van der Waals surface area contributed by atoms with Gasteiger partial charge in [-0.3, -0.25) is 4.79 Å². The van der Waals surface area contributed by atoms with Crippen LogP contribution in [0.5, 0.6) is 0 Å². The second-order valence-electron chi connectivity index (χ2n) is 3.84. The number of aryl methyl sites for hydroxylation is 1. The van der Waals surface area contributed by atoms with Gasteiger partial charge in [0.1, 0.15) is 12.1 Å². The van der Waals surface area contributed by atoms with Crippen molar-refractivity contribution in [2.24, 2.45) is 7.05 Å². The molecule has 2 aromatic rings. The Labute approximate surface area is 119 Å². The molecule has 0 saturated heterocycles.